The molecule has 0 aliphatic carbocycles. The summed E-state index contributed by atoms with van der Waals surface area (Å²) in [4.78, 5) is 23.6. The fourth-order valence-electron chi connectivity index (χ4n) is 4.18. The Labute approximate surface area is 192 Å². The van der Waals surface area contributed by atoms with Gasteiger partial charge in [-0.3, -0.25) is 9.36 Å². The van der Waals surface area contributed by atoms with Gasteiger partial charge in [-0.05, 0) is 24.6 Å². The van der Waals surface area contributed by atoms with E-state index in [0.717, 1.165) is 0 Å². The molecule has 2 N–H and O–H groups in total. The van der Waals surface area contributed by atoms with Crippen molar-refractivity contribution < 1.29 is 0 Å². The van der Waals surface area contributed by atoms with Gasteiger partial charge in [0, 0.05) is 12.7 Å². The molecule has 4 aromatic rings. The number of nitrogens with two attached hydrogens (primary N) is 1. The van der Waals surface area contributed by atoms with Gasteiger partial charge in [-0.2, -0.15) is 20.6 Å². The van der Waals surface area contributed by atoms with Crippen LogP contribution in [0.4, 0.5) is 11.8 Å². The van der Waals surface area contributed by atoms with Crippen LogP contribution in [0, 0.1) is 28.6 Å². The molecule has 0 spiro atoms. The Morgan fingerprint density at radius 2 is 1.97 bits per heavy atom. The Bertz CT molecular complexity index is 1510. The minimum Gasteiger partial charge on any atom is -0.368 e. The van der Waals surface area contributed by atoms with E-state index in [-0.39, 0.29) is 33.5 Å². The van der Waals surface area contributed by atoms with Gasteiger partial charge in [-0.25, -0.2) is 9.50 Å². The Morgan fingerprint density at radius 1 is 1.18 bits per heavy atom. The summed E-state index contributed by atoms with van der Waals surface area (Å²) in [7, 11) is 0. The minimum atomic E-state index is -0.533. The molecule has 1 aromatic carbocycles. The van der Waals surface area contributed by atoms with Gasteiger partial charge >= 0.3 is 0 Å². The number of nitriles is 2. The third-order valence-corrected chi connectivity index (χ3v) is 5.94. The molecule has 162 valence electrons. The van der Waals surface area contributed by atoms with E-state index in [1.165, 1.54) is 15.3 Å². The van der Waals surface area contributed by atoms with E-state index in [1.807, 2.05) is 18.2 Å². The normalized spacial score (nSPS) is 17.7. The first-order chi connectivity index (χ1) is 16.0. The Kier molecular flexibility index (Phi) is 4.93. The van der Waals surface area contributed by atoms with Crippen LogP contribution in [-0.4, -0.2) is 30.7 Å². The standard InChI is InChI=1S/C22H16ClN9O/c23-16-6-7-31-18(16)21(33)32(15-4-2-1-3-5-15)20(29-31)17-8-13(9-24)12-30(17)19-14(10-25)11-27-22(26)28-19/h1-7,11,13,17H,8,12H2,(H2,26,27,28)/t13-,17+/m1/s1. The van der Waals surface area contributed by atoms with Crippen molar-refractivity contribution in [2.75, 3.05) is 17.2 Å². The van der Waals surface area contributed by atoms with Crippen molar-refractivity contribution in [1.82, 2.24) is 24.1 Å². The predicted octanol–water partition coefficient (Wildman–Crippen LogP) is 2.47. The van der Waals surface area contributed by atoms with Gasteiger partial charge in [0.2, 0.25) is 5.95 Å². The van der Waals surface area contributed by atoms with Crippen LogP contribution in [0.5, 0.6) is 0 Å². The molecular formula is C22H16ClN9O. The number of nitrogens with zero attached hydrogens (tertiary/aromatic N) is 8. The van der Waals surface area contributed by atoms with Gasteiger partial charge in [0.25, 0.3) is 5.56 Å². The summed E-state index contributed by atoms with van der Waals surface area (Å²) in [6.07, 6.45) is 3.34. The zero-order valence-corrected chi connectivity index (χ0v) is 17.9. The molecule has 0 saturated carbocycles. The maximum absolute atomic E-state index is 13.6. The molecule has 10 nitrogen and oxygen atoms in total. The molecule has 0 radical (unpaired) electrons. The largest absolute Gasteiger partial charge is 0.368 e. The van der Waals surface area contributed by atoms with Crippen LogP contribution in [0.3, 0.4) is 0 Å². The van der Waals surface area contributed by atoms with E-state index < -0.39 is 6.04 Å². The van der Waals surface area contributed by atoms with Crippen molar-refractivity contribution in [3.05, 3.63) is 75.6 Å². The SMILES string of the molecule is N#Cc1cnc(N)nc1N1C[C@@H](C#N)C[C@H]1c1nn2ccc(Cl)c2c(=O)n1-c1ccccc1. The molecule has 1 aliphatic heterocycles. The lowest BCUT2D eigenvalue weighted by Crippen LogP contribution is -2.33. The fraction of sp³-hybridized carbons (Fsp3) is 0.182. The molecule has 1 fully saturated rings. The average Bonchev–Trinajstić information content (AvgIpc) is 3.43. The third-order valence-electron chi connectivity index (χ3n) is 5.64. The van der Waals surface area contributed by atoms with Crippen molar-refractivity contribution in [2.45, 2.75) is 12.5 Å². The number of halogens is 1. The van der Waals surface area contributed by atoms with Gasteiger partial charge in [-0.15, -0.1) is 0 Å². The Hall–Kier alpha value is -4.41. The molecule has 1 aliphatic rings. The molecule has 4 heterocycles. The van der Waals surface area contributed by atoms with Crippen LogP contribution in [-0.2, 0) is 0 Å². The van der Waals surface area contributed by atoms with Crippen molar-refractivity contribution in [1.29, 1.82) is 10.5 Å². The molecule has 1 saturated heterocycles. The molecule has 5 rings (SSSR count). The number of benzene rings is 1. The van der Waals surface area contributed by atoms with Crippen LogP contribution < -0.4 is 16.2 Å². The number of nitrogen functional groups attached to an aromatic ring is 1. The maximum atomic E-state index is 13.6. The molecule has 0 amide bonds. The number of hydrogen-bond acceptors (Lipinski definition) is 8. The topological polar surface area (TPSA) is 142 Å². The van der Waals surface area contributed by atoms with Crippen LogP contribution in [0.15, 0.2) is 53.6 Å². The van der Waals surface area contributed by atoms with E-state index in [9.17, 15) is 15.3 Å². The number of hydrogen-bond donors (Lipinski definition) is 1. The summed E-state index contributed by atoms with van der Waals surface area (Å²) in [6, 6.07) is 14.5. The highest BCUT2D eigenvalue weighted by Crippen LogP contribution is 2.39. The number of rotatable bonds is 3. The van der Waals surface area contributed by atoms with Gasteiger partial charge in [0.15, 0.2) is 11.6 Å². The molecular weight excluding hydrogens is 442 g/mol. The average molecular weight is 458 g/mol. The maximum Gasteiger partial charge on any atom is 0.284 e. The molecule has 2 atom stereocenters. The minimum absolute atomic E-state index is 0.00390. The summed E-state index contributed by atoms with van der Waals surface area (Å²) < 4.78 is 2.94. The van der Waals surface area contributed by atoms with Crippen LogP contribution >= 0.6 is 11.6 Å². The third kappa shape index (κ3) is 3.34. The highest BCUT2D eigenvalue weighted by atomic mass is 35.5. The van der Waals surface area contributed by atoms with Crippen molar-refractivity contribution in [3.63, 3.8) is 0 Å². The lowest BCUT2D eigenvalue weighted by atomic mass is 10.1. The number of aromatic nitrogens is 5. The molecule has 0 unspecified atom stereocenters. The fourth-order valence-corrected chi connectivity index (χ4v) is 4.41. The quantitative estimate of drug-likeness (QED) is 0.494. The van der Waals surface area contributed by atoms with E-state index in [1.54, 1.807) is 29.3 Å². The van der Waals surface area contributed by atoms with Crippen LogP contribution in [0.25, 0.3) is 11.2 Å². The molecule has 0 bridgehead atoms. The zero-order chi connectivity index (χ0) is 23.1. The Balaban J connectivity index is 1.79. The number of para-hydroxylation sites is 1. The summed E-state index contributed by atoms with van der Waals surface area (Å²) in [6.45, 7) is 0.293. The first-order valence-electron chi connectivity index (χ1n) is 10.1. The monoisotopic (exact) mass is 457 g/mol. The smallest absolute Gasteiger partial charge is 0.284 e. The van der Waals surface area contributed by atoms with Crippen LogP contribution in [0.1, 0.15) is 23.9 Å². The second kappa shape index (κ2) is 7.93. The van der Waals surface area contributed by atoms with E-state index in [0.29, 0.717) is 30.3 Å². The van der Waals surface area contributed by atoms with Gasteiger partial charge in [0.1, 0.15) is 17.1 Å². The van der Waals surface area contributed by atoms with Gasteiger partial charge in [0.05, 0.1) is 34.9 Å². The highest BCUT2D eigenvalue weighted by molar-refractivity contribution is 6.33. The first kappa shape index (κ1) is 20.5. The van der Waals surface area contributed by atoms with Crippen molar-refractivity contribution >= 4 is 28.9 Å². The second-order valence-electron chi connectivity index (χ2n) is 7.60. The van der Waals surface area contributed by atoms with Gasteiger partial charge < -0.3 is 10.6 Å². The van der Waals surface area contributed by atoms with E-state index in [2.05, 4.69) is 22.1 Å². The van der Waals surface area contributed by atoms with E-state index in [4.69, 9.17) is 22.4 Å². The number of fused-ring (bicyclic) bond motifs is 1. The first-order valence-corrected chi connectivity index (χ1v) is 10.4. The zero-order valence-electron chi connectivity index (χ0n) is 17.1. The summed E-state index contributed by atoms with van der Waals surface area (Å²) in [5.41, 5.74) is 6.53. The van der Waals surface area contributed by atoms with Crippen molar-refractivity contribution in [2.24, 2.45) is 5.92 Å². The molecule has 33 heavy (non-hydrogen) atoms. The van der Waals surface area contributed by atoms with E-state index >= 15 is 0 Å². The van der Waals surface area contributed by atoms with Gasteiger partial charge in [-0.1, -0.05) is 29.8 Å². The molecule has 3 aromatic heterocycles. The summed E-state index contributed by atoms with van der Waals surface area (Å²) >= 11 is 6.28. The van der Waals surface area contributed by atoms with Crippen molar-refractivity contribution in [3.8, 4) is 17.8 Å². The molecule has 11 heteroatoms. The summed E-state index contributed by atoms with van der Waals surface area (Å²) in [5, 5.41) is 24.3. The second-order valence-corrected chi connectivity index (χ2v) is 8.01. The lowest BCUT2D eigenvalue weighted by Gasteiger charge is -2.27. The highest BCUT2D eigenvalue weighted by Gasteiger charge is 2.39. The predicted molar refractivity (Wildman–Crippen MR) is 121 cm³/mol. The Morgan fingerprint density at radius 3 is 2.70 bits per heavy atom. The summed E-state index contributed by atoms with van der Waals surface area (Å²) in [5.74, 6) is 0.323. The van der Waals surface area contributed by atoms with Crippen LogP contribution in [0.2, 0.25) is 5.02 Å². The lowest BCUT2D eigenvalue weighted by molar-refractivity contribution is 0.587. The number of anilines is 2.